The number of carbonyl (C=O) groups excluding carboxylic acids is 4. The van der Waals surface area contributed by atoms with Crippen molar-refractivity contribution in [1.29, 1.82) is 0 Å². The third-order valence-electron chi connectivity index (χ3n) is 4.62. The molecule has 1 aliphatic rings. The first-order valence-electron chi connectivity index (χ1n) is 11.1. The van der Waals surface area contributed by atoms with Crippen LogP contribution in [0.5, 0.6) is 0 Å². The zero-order valence-corrected chi connectivity index (χ0v) is 19.4. The second kappa shape index (κ2) is 14.0. The Labute approximate surface area is 201 Å². The van der Waals surface area contributed by atoms with Crippen LogP contribution in [0.4, 0.5) is 0 Å². The van der Waals surface area contributed by atoms with E-state index in [2.05, 4.69) is 0 Å². The summed E-state index contributed by atoms with van der Waals surface area (Å²) in [5.41, 5.74) is 0.640. The molecular weight excluding hydrogens is 468 g/mol. The van der Waals surface area contributed by atoms with Gasteiger partial charge in [0.15, 0.2) is 18.5 Å². The van der Waals surface area contributed by atoms with Crippen molar-refractivity contribution in [2.75, 3.05) is 26.4 Å². The molecule has 1 aromatic rings. The first-order chi connectivity index (χ1) is 16.8. The van der Waals surface area contributed by atoms with E-state index in [1.165, 1.54) is 24.3 Å². The van der Waals surface area contributed by atoms with Crippen LogP contribution in [0.3, 0.4) is 0 Å². The molecule has 0 aliphatic carbocycles. The predicted octanol–water partition coefficient (Wildman–Crippen LogP) is 1.55. The van der Waals surface area contributed by atoms with Gasteiger partial charge in [0, 0.05) is 18.4 Å². The molecule has 1 aromatic carbocycles. The molecule has 1 heterocycles. The van der Waals surface area contributed by atoms with Crippen LogP contribution < -0.4 is 0 Å². The molecule has 12 heteroatoms. The van der Waals surface area contributed by atoms with Crippen molar-refractivity contribution in [3.05, 3.63) is 35.4 Å². The van der Waals surface area contributed by atoms with Gasteiger partial charge in [-0.3, -0.25) is 9.59 Å². The average Bonchev–Trinajstić information content (AvgIpc) is 3.28. The third kappa shape index (κ3) is 8.65. The van der Waals surface area contributed by atoms with Crippen LogP contribution in [0.15, 0.2) is 24.3 Å². The van der Waals surface area contributed by atoms with Gasteiger partial charge >= 0.3 is 29.8 Å². The van der Waals surface area contributed by atoms with Crippen molar-refractivity contribution in [3.8, 4) is 0 Å². The molecule has 0 spiro atoms. The van der Waals surface area contributed by atoms with E-state index in [0.717, 1.165) is 0 Å². The van der Waals surface area contributed by atoms with Gasteiger partial charge < -0.3 is 33.5 Å². The van der Waals surface area contributed by atoms with Crippen LogP contribution in [-0.2, 0) is 47.6 Å². The van der Waals surface area contributed by atoms with Gasteiger partial charge in [-0.05, 0) is 32.4 Å². The Morgan fingerprint density at radius 3 is 1.86 bits per heavy atom. The SMILES string of the molecule is CCOC(=O)C1OC(c2ccc(C(=O)OCCOC(=O)CCCC(=O)O)cc2)OC1C(=O)OCC. The molecule has 1 saturated heterocycles. The molecule has 2 unspecified atom stereocenters. The summed E-state index contributed by atoms with van der Waals surface area (Å²) < 4.78 is 31.0. The maximum atomic E-state index is 12.2. The number of carboxylic acids is 1. The first kappa shape index (κ1) is 27.7. The standard InChI is InChI=1S/C23H28O12/c1-3-30-21(28)18-19(22(29)31-4-2)35-23(34-18)15-10-8-14(9-11-15)20(27)33-13-12-32-17(26)7-5-6-16(24)25/h8-11,18-19,23H,3-7,12-13H2,1-2H3,(H,24,25). The smallest absolute Gasteiger partial charge is 0.338 e. The minimum Gasteiger partial charge on any atom is -0.481 e. The molecule has 2 rings (SSSR count). The summed E-state index contributed by atoms with van der Waals surface area (Å²) in [7, 11) is 0. The van der Waals surface area contributed by atoms with Crippen LogP contribution in [0.2, 0.25) is 0 Å². The molecule has 12 nitrogen and oxygen atoms in total. The van der Waals surface area contributed by atoms with Gasteiger partial charge in [-0.25, -0.2) is 14.4 Å². The minimum atomic E-state index is -1.30. The second-order valence-corrected chi connectivity index (χ2v) is 7.18. The molecule has 0 radical (unpaired) electrons. The van der Waals surface area contributed by atoms with Gasteiger partial charge in [0.1, 0.15) is 13.2 Å². The summed E-state index contributed by atoms with van der Waals surface area (Å²) in [5, 5.41) is 8.53. The van der Waals surface area contributed by atoms with Crippen molar-refractivity contribution in [2.45, 2.75) is 51.6 Å². The quantitative estimate of drug-likeness (QED) is 0.239. The minimum absolute atomic E-state index is 0.0406. The Bertz CT molecular complexity index is 868. The predicted molar refractivity (Wildman–Crippen MR) is 115 cm³/mol. The summed E-state index contributed by atoms with van der Waals surface area (Å²) >= 11 is 0. The molecule has 2 atom stereocenters. The Morgan fingerprint density at radius 2 is 1.34 bits per heavy atom. The lowest BCUT2D eigenvalue weighted by molar-refractivity contribution is -0.163. The number of ether oxygens (including phenoxy) is 6. The van der Waals surface area contributed by atoms with Crippen molar-refractivity contribution in [3.63, 3.8) is 0 Å². The zero-order chi connectivity index (χ0) is 25.8. The van der Waals surface area contributed by atoms with E-state index in [1.54, 1.807) is 13.8 Å². The average molecular weight is 496 g/mol. The lowest BCUT2D eigenvalue weighted by Crippen LogP contribution is -2.39. The second-order valence-electron chi connectivity index (χ2n) is 7.18. The van der Waals surface area contributed by atoms with E-state index >= 15 is 0 Å². The number of rotatable bonds is 13. The van der Waals surface area contributed by atoms with E-state index in [4.69, 9.17) is 33.5 Å². The molecule has 1 N–H and O–H groups in total. The topological polar surface area (TPSA) is 161 Å². The first-order valence-corrected chi connectivity index (χ1v) is 11.1. The highest BCUT2D eigenvalue weighted by Crippen LogP contribution is 2.33. The Morgan fingerprint density at radius 1 is 0.800 bits per heavy atom. The lowest BCUT2D eigenvalue weighted by atomic mass is 10.1. The van der Waals surface area contributed by atoms with Gasteiger partial charge in [0.2, 0.25) is 0 Å². The molecular formula is C23H28O12. The highest BCUT2D eigenvalue weighted by atomic mass is 16.8. The Balaban J connectivity index is 1.87. The van der Waals surface area contributed by atoms with Crippen LogP contribution in [-0.4, -0.2) is 73.6 Å². The van der Waals surface area contributed by atoms with E-state index in [1.807, 2.05) is 0 Å². The fourth-order valence-corrected chi connectivity index (χ4v) is 3.01. The van der Waals surface area contributed by atoms with Crippen molar-refractivity contribution in [1.82, 2.24) is 0 Å². The van der Waals surface area contributed by atoms with E-state index in [0.29, 0.717) is 5.56 Å². The number of benzene rings is 1. The summed E-state index contributed by atoms with van der Waals surface area (Å²) in [4.78, 5) is 58.4. The van der Waals surface area contributed by atoms with Crippen molar-refractivity contribution < 1.29 is 57.5 Å². The molecule has 1 aliphatic heterocycles. The number of carbonyl (C=O) groups is 5. The van der Waals surface area contributed by atoms with Crippen molar-refractivity contribution >= 4 is 29.8 Å². The number of aliphatic carboxylic acids is 1. The normalized spacial score (nSPS) is 19.0. The van der Waals surface area contributed by atoms with E-state index in [9.17, 15) is 24.0 Å². The monoisotopic (exact) mass is 496 g/mol. The van der Waals surface area contributed by atoms with Crippen LogP contribution >= 0.6 is 0 Å². The zero-order valence-electron chi connectivity index (χ0n) is 19.4. The fraction of sp³-hybridized carbons (Fsp3) is 0.522. The summed E-state index contributed by atoms with van der Waals surface area (Å²) in [6.07, 6.45) is -3.67. The number of esters is 4. The Kier molecular flexibility index (Phi) is 11.1. The molecule has 0 saturated carbocycles. The molecule has 0 bridgehead atoms. The number of carboxylic acid groups (broad SMARTS) is 1. The molecule has 0 aromatic heterocycles. The van der Waals surface area contributed by atoms with Gasteiger partial charge in [0.05, 0.1) is 18.8 Å². The third-order valence-corrected chi connectivity index (χ3v) is 4.62. The van der Waals surface area contributed by atoms with Crippen LogP contribution in [0.1, 0.15) is 55.3 Å². The van der Waals surface area contributed by atoms with Crippen LogP contribution in [0.25, 0.3) is 0 Å². The maximum Gasteiger partial charge on any atom is 0.338 e. The fourth-order valence-electron chi connectivity index (χ4n) is 3.01. The summed E-state index contributed by atoms with van der Waals surface area (Å²) in [6, 6.07) is 5.91. The maximum absolute atomic E-state index is 12.2. The highest BCUT2D eigenvalue weighted by molar-refractivity contribution is 5.89. The van der Waals surface area contributed by atoms with Gasteiger partial charge in [-0.2, -0.15) is 0 Å². The number of hydrogen-bond acceptors (Lipinski definition) is 11. The molecule has 192 valence electrons. The molecule has 0 amide bonds. The van der Waals surface area contributed by atoms with Gasteiger partial charge in [0.25, 0.3) is 0 Å². The summed E-state index contributed by atoms with van der Waals surface area (Å²) in [6.45, 7) is 3.09. The van der Waals surface area contributed by atoms with Gasteiger partial charge in [-0.15, -0.1) is 0 Å². The van der Waals surface area contributed by atoms with Crippen molar-refractivity contribution in [2.24, 2.45) is 0 Å². The van der Waals surface area contributed by atoms with Gasteiger partial charge in [-0.1, -0.05) is 12.1 Å². The Hall–Kier alpha value is -3.51. The lowest BCUT2D eigenvalue weighted by Gasteiger charge is -2.13. The highest BCUT2D eigenvalue weighted by Gasteiger charge is 2.47. The number of hydrogen-bond donors (Lipinski definition) is 1. The van der Waals surface area contributed by atoms with E-state index in [-0.39, 0.29) is 51.3 Å². The summed E-state index contributed by atoms with van der Waals surface area (Å²) in [5.74, 6) is -3.75. The van der Waals surface area contributed by atoms with E-state index < -0.39 is 48.3 Å². The molecule has 35 heavy (non-hydrogen) atoms. The molecule has 1 fully saturated rings. The van der Waals surface area contributed by atoms with Crippen LogP contribution in [0, 0.1) is 0 Å². The largest absolute Gasteiger partial charge is 0.481 e.